The van der Waals surface area contributed by atoms with Crippen LogP contribution >= 0.6 is 0 Å². The van der Waals surface area contributed by atoms with Gasteiger partial charge in [0.1, 0.15) is 11.1 Å². The Morgan fingerprint density at radius 3 is 2.30 bits per heavy atom. The third-order valence-electron chi connectivity index (χ3n) is 5.31. The molecule has 0 aromatic heterocycles. The first-order chi connectivity index (χ1) is 12.7. The first-order valence-electron chi connectivity index (χ1n) is 9.81. The van der Waals surface area contributed by atoms with Crippen molar-refractivity contribution in [1.82, 2.24) is 4.90 Å². The molecule has 0 saturated carbocycles. The number of nitrogens with zero attached hydrogens (tertiary/aromatic N) is 1. The fraction of sp³-hybridized carbons (Fsp3) is 0.667. The number of hydrogen-bond donors (Lipinski definition) is 1. The molecule has 1 aromatic rings. The molecule has 6 heteroatoms. The molecule has 1 aromatic carbocycles. The normalized spacial score (nSPS) is 22.5. The van der Waals surface area contributed by atoms with Crippen LogP contribution in [-0.2, 0) is 24.5 Å². The van der Waals surface area contributed by atoms with Crippen LogP contribution in [0, 0.1) is 0 Å². The van der Waals surface area contributed by atoms with Crippen molar-refractivity contribution in [3.05, 3.63) is 35.9 Å². The molecule has 3 rings (SSSR count). The van der Waals surface area contributed by atoms with E-state index in [0.29, 0.717) is 19.6 Å². The molecule has 2 N–H and O–H groups in total. The largest absolute Gasteiger partial charge is 0.458 e. The summed E-state index contributed by atoms with van der Waals surface area (Å²) >= 11 is 0. The monoisotopic (exact) mass is 376 g/mol. The van der Waals surface area contributed by atoms with Crippen LogP contribution in [-0.4, -0.2) is 55.1 Å². The first-order valence-corrected chi connectivity index (χ1v) is 9.81. The predicted octanol–water partition coefficient (Wildman–Crippen LogP) is 2.41. The third-order valence-corrected chi connectivity index (χ3v) is 5.31. The Bertz CT molecular complexity index is 627. The van der Waals surface area contributed by atoms with Gasteiger partial charge in [0.2, 0.25) is 0 Å². The molecule has 0 aliphatic carbocycles. The van der Waals surface area contributed by atoms with Crippen LogP contribution < -0.4 is 5.73 Å². The summed E-state index contributed by atoms with van der Waals surface area (Å²) < 4.78 is 17.2. The van der Waals surface area contributed by atoms with Gasteiger partial charge in [0.15, 0.2) is 5.79 Å². The highest BCUT2D eigenvalue weighted by Crippen LogP contribution is 2.32. The molecule has 0 amide bonds. The number of hydrogen-bond acceptors (Lipinski definition) is 6. The highest BCUT2D eigenvalue weighted by Gasteiger charge is 2.42. The van der Waals surface area contributed by atoms with Crippen molar-refractivity contribution >= 4 is 5.97 Å². The average molecular weight is 376 g/mol. The van der Waals surface area contributed by atoms with Crippen molar-refractivity contribution in [2.45, 2.75) is 57.0 Å². The molecule has 2 heterocycles. The van der Waals surface area contributed by atoms with Crippen LogP contribution in [0.1, 0.15) is 45.6 Å². The number of carbonyl (C=O) groups is 1. The summed E-state index contributed by atoms with van der Waals surface area (Å²) in [7, 11) is 0. The van der Waals surface area contributed by atoms with Crippen LogP contribution in [0.15, 0.2) is 30.3 Å². The maximum Gasteiger partial charge on any atom is 0.331 e. The van der Waals surface area contributed by atoms with Gasteiger partial charge in [-0.05, 0) is 32.8 Å². The van der Waals surface area contributed by atoms with Crippen LogP contribution in [0.5, 0.6) is 0 Å². The van der Waals surface area contributed by atoms with Gasteiger partial charge in [0, 0.05) is 32.5 Å². The Morgan fingerprint density at radius 2 is 1.74 bits per heavy atom. The van der Waals surface area contributed by atoms with E-state index in [1.54, 1.807) is 0 Å². The lowest BCUT2D eigenvalue weighted by Crippen LogP contribution is -2.52. The van der Waals surface area contributed by atoms with Gasteiger partial charge in [-0.15, -0.1) is 0 Å². The molecule has 0 bridgehead atoms. The maximum atomic E-state index is 13.0. The number of nitrogens with two attached hydrogens (primary N) is 1. The van der Waals surface area contributed by atoms with Gasteiger partial charge in [-0.2, -0.15) is 0 Å². The van der Waals surface area contributed by atoms with Crippen molar-refractivity contribution < 1.29 is 19.0 Å². The summed E-state index contributed by atoms with van der Waals surface area (Å²) in [5.41, 5.74) is 5.70. The summed E-state index contributed by atoms with van der Waals surface area (Å²) in [6.45, 7) is 9.42. The molecule has 1 atom stereocenters. The lowest BCUT2D eigenvalue weighted by molar-refractivity contribution is -0.185. The number of piperidine rings is 1. The molecular weight excluding hydrogens is 344 g/mol. The van der Waals surface area contributed by atoms with Gasteiger partial charge in [-0.1, -0.05) is 30.3 Å². The summed E-state index contributed by atoms with van der Waals surface area (Å²) in [6.07, 6.45) is 2.20. The molecule has 2 aliphatic heterocycles. The number of carbonyl (C=O) groups excluding carboxylic acids is 1. The van der Waals surface area contributed by atoms with Gasteiger partial charge in [-0.25, -0.2) is 4.79 Å². The van der Waals surface area contributed by atoms with E-state index in [0.717, 1.165) is 38.0 Å². The van der Waals surface area contributed by atoms with E-state index in [1.165, 1.54) is 0 Å². The Labute approximate surface area is 161 Å². The van der Waals surface area contributed by atoms with Gasteiger partial charge >= 0.3 is 5.97 Å². The standard InChI is InChI=1S/C21H32N2O4/c1-19(2,3)27-18(24)21(22,17-7-5-4-6-8-17)11-14-23-12-9-20(10-13-23)25-15-16-26-20/h4-8H,9-16,22H2,1-3H3. The van der Waals surface area contributed by atoms with E-state index >= 15 is 0 Å². The molecule has 1 spiro atoms. The van der Waals surface area contributed by atoms with Gasteiger partial charge < -0.3 is 24.8 Å². The number of ether oxygens (including phenoxy) is 3. The number of benzene rings is 1. The maximum absolute atomic E-state index is 13.0. The molecule has 2 saturated heterocycles. The van der Waals surface area contributed by atoms with Crippen LogP contribution in [0.25, 0.3) is 0 Å². The topological polar surface area (TPSA) is 74.0 Å². The van der Waals surface area contributed by atoms with Crippen molar-refractivity contribution in [1.29, 1.82) is 0 Å². The summed E-state index contributed by atoms with van der Waals surface area (Å²) in [6, 6.07) is 9.52. The van der Waals surface area contributed by atoms with Crippen molar-refractivity contribution in [3.63, 3.8) is 0 Å². The molecule has 1 unspecified atom stereocenters. The van der Waals surface area contributed by atoms with Crippen molar-refractivity contribution in [2.24, 2.45) is 5.73 Å². The minimum absolute atomic E-state index is 0.378. The van der Waals surface area contributed by atoms with Gasteiger partial charge in [0.05, 0.1) is 13.2 Å². The summed E-state index contributed by atoms with van der Waals surface area (Å²) in [5.74, 6) is -0.766. The van der Waals surface area contributed by atoms with E-state index in [4.69, 9.17) is 19.9 Å². The zero-order chi connectivity index (χ0) is 19.5. The first kappa shape index (κ1) is 20.3. The number of rotatable bonds is 5. The summed E-state index contributed by atoms with van der Waals surface area (Å²) in [5, 5.41) is 0. The van der Waals surface area contributed by atoms with Crippen LogP contribution in [0.3, 0.4) is 0 Å². The lowest BCUT2D eigenvalue weighted by atomic mass is 9.87. The second-order valence-corrected chi connectivity index (χ2v) is 8.54. The molecule has 150 valence electrons. The van der Waals surface area contributed by atoms with E-state index < -0.39 is 11.1 Å². The Balaban J connectivity index is 1.66. The van der Waals surface area contributed by atoms with Crippen molar-refractivity contribution in [2.75, 3.05) is 32.8 Å². The van der Waals surface area contributed by atoms with Crippen molar-refractivity contribution in [3.8, 4) is 0 Å². The highest BCUT2D eigenvalue weighted by molar-refractivity contribution is 5.82. The molecule has 27 heavy (non-hydrogen) atoms. The van der Waals surface area contributed by atoms with E-state index in [1.807, 2.05) is 51.1 Å². The quantitative estimate of drug-likeness (QED) is 0.796. The minimum Gasteiger partial charge on any atom is -0.458 e. The predicted molar refractivity (Wildman–Crippen MR) is 103 cm³/mol. The van der Waals surface area contributed by atoms with E-state index in [9.17, 15) is 4.79 Å². The second kappa shape index (κ2) is 7.87. The Morgan fingerprint density at radius 1 is 1.15 bits per heavy atom. The van der Waals surface area contributed by atoms with Crippen LogP contribution in [0.4, 0.5) is 0 Å². The smallest absolute Gasteiger partial charge is 0.331 e. The Kier molecular flexibility index (Phi) is 5.91. The zero-order valence-electron chi connectivity index (χ0n) is 16.7. The molecule has 2 aliphatic rings. The fourth-order valence-electron chi connectivity index (χ4n) is 3.71. The molecule has 2 fully saturated rings. The van der Waals surface area contributed by atoms with Gasteiger partial charge in [-0.3, -0.25) is 0 Å². The minimum atomic E-state index is -1.16. The Hall–Kier alpha value is -1.47. The second-order valence-electron chi connectivity index (χ2n) is 8.54. The van der Waals surface area contributed by atoms with E-state index in [-0.39, 0.29) is 11.8 Å². The lowest BCUT2D eigenvalue weighted by Gasteiger charge is -2.39. The third kappa shape index (κ3) is 4.88. The molecule has 6 nitrogen and oxygen atoms in total. The molecule has 0 radical (unpaired) electrons. The average Bonchev–Trinajstić information content (AvgIpc) is 3.08. The molecular formula is C21H32N2O4. The van der Waals surface area contributed by atoms with E-state index in [2.05, 4.69) is 4.90 Å². The SMILES string of the molecule is CC(C)(C)OC(=O)C(N)(CCN1CCC2(CC1)OCCO2)c1ccccc1. The summed E-state index contributed by atoms with van der Waals surface area (Å²) in [4.78, 5) is 15.3. The zero-order valence-corrected chi connectivity index (χ0v) is 16.7. The number of esters is 1. The van der Waals surface area contributed by atoms with Gasteiger partial charge in [0.25, 0.3) is 0 Å². The number of likely N-dealkylation sites (tertiary alicyclic amines) is 1. The highest BCUT2D eigenvalue weighted by atomic mass is 16.7. The van der Waals surface area contributed by atoms with Crippen LogP contribution in [0.2, 0.25) is 0 Å². The fourth-order valence-corrected chi connectivity index (χ4v) is 3.71.